The summed E-state index contributed by atoms with van der Waals surface area (Å²) in [6.45, 7) is 4.92. The first-order valence-electron chi connectivity index (χ1n) is 8.91. The zero-order valence-electron chi connectivity index (χ0n) is 14.6. The average Bonchev–Trinajstić information content (AvgIpc) is 3.01. The molecule has 0 spiro atoms. The fourth-order valence-electron chi connectivity index (χ4n) is 3.46. The van der Waals surface area contributed by atoms with Gasteiger partial charge >= 0.3 is 5.97 Å². The van der Waals surface area contributed by atoms with Crippen LogP contribution >= 0.6 is 0 Å². The Kier molecular flexibility index (Phi) is 4.69. The van der Waals surface area contributed by atoms with Crippen LogP contribution in [0.1, 0.15) is 11.3 Å². The van der Waals surface area contributed by atoms with E-state index in [9.17, 15) is 4.79 Å². The maximum atomic E-state index is 10.9. The summed E-state index contributed by atoms with van der Waals surface area (Å²) in [6, 6.07) is 13.7. The number of carboxylic acids is 1. The molecule has 0 bridgehead atoms. The van der Waals surface area contributed by atoms with Crippen molar-refractivity contribution in [1.29, 1.82) is 0 Å². The number of rotatable bonds is 5. The van der Waals surface area contributed by atoms with Gasteiger partial charge in [0.05, 0.1) is 17.8 Å². The highest BCUT2D eigenvalue weighted by Gasteiger charge is 2.18. The molecule has 0 aliphatic carbocycles. The fourth-order valence-corrected chi connectivity index (χ4v) is 3.46. The number of hydrogen-bond acceptors (Lipinski definition) is 4. The Hall–Kier alpha value is -2.70. The van der Waals surface area contributed by atoms with Crippen molar-refractivity contribution in [3.8, 4) is 11.3 Å². The summed E-state index contributed by atoms with van der Waals surface area (Å²) in [5, 5.41) is 12.3. The monoisotopic (exact) mass is 350 g/mol. The van der Waals surface area contributed by atoms with E-state index in [0.29, 0.717) is 0 Å². The van der Waals surface area contributed by atoms with E-state index in [1.54, 1.807) is 0 Å². The summed E-state index contributed by atoms with van der Waals surface area (Å²) in [4.78, 5) is 18.2. The van der Waals surface area contributed by atoms with Gasteiger partial charge in [-0.1, -0.05) is 30.3 Å². The third-order valence-corrected chi connectivity index (χ3v) is 4.79. The van der Waals surface area contributed by atoms with Crippen LogP contribution in [-0.2, 0) is 17.8 Å². The lowest BCUT2D eigenvalue weighted by molar-refractivity contribution is -0.136. The van der Waals surface area contributed by atoms with Gasteiger partial charge in [-0.2, -0.15) is 0 Å². The number of aliphatic carboxylic acids is 1. The van der Waals surface area contributed by atoms with Crippen LogP contribution < -0.4 is 5.32 Å². The third-order valence-electron chi connectivity index (χ3n) is 4.79. The van der Waals surface area contributed by atoms with Crippen LogP contribution in [0.5, 0.6) is 0 Å². The minimum atomic E-state index is -0.815. The SMILES string of the molecule is O=C(O)Cc1ccc(-c2nc3ccccn3c2CN2CCNCC2)cc1. The largest absolute Gasteiger partial charge is 0.481 e. The van der Waals surface area contributed by atoms with Gasteiger partial charge in [-0.15, -0.1) is 0 Å². The van der Waals surface area contributed by atoms with Gasteiger partial charge in [-0.25, -0.2) is 4.98 Å². The molecule has 3 heterocycles. The molecule has 0 atom stereocenters. The minimum Gasteiger partial charge on any atom is -0.481 e. The van der Waals surface area contributed by atoms with E-state index in [1.807, 2.05) is 42.5 Å². The predicted molar refractivity (Wildman–Crippen MR) is 100 cm³/mol. The highest BCUT2D eigenvalue weighted by Crippen LogP contribution is 2.26. The average molecular weight is 350 g/mol. The summed E-state index contributed by atoms with van der Waals surface area (Å²) in [5.41, 5.74) is 4.90. The number of pyridine rings is 1. The van der Waals surface area contributed by atoms with Gasteiger partial charge in [0.1, 0.15) is 5.65 Å². The van der Waals surface area contributed by atoms with Crippen LogP contribution in [0.25, 0.3) is 16.9 Å². The van der Waals surface area contributed by atoms with E-state index in [0.717, 1.165) is 55.2 Å². The van der Waals surface area contributed by atoms with Crippen molar-refractivity contribution in [2.45, 2.75) is 13.0 Å². The number of imidazole rings is 1. The predicted octanol–water partition coefficient (Wildman–Crippen LogP) is 2.03. The van der Waals surface area contributed by atoms with E-state index in [-0.39, 0.29) is 6.42 Å². The highest BCUT2D eigenvalue weighted by atomic mass is 16.4. The molecule has 2 N–H and O–H groups in total. The molecule has 134 valence electrons. The van der Waals surface area contributed by atoms with E-state index < -0.39 is 5.97 Å². The van der Waals surface area contributed by atoms with Crippen molar-refractivity contribution in [3.05, 3.63) is 59.9 Å². The first kappa shape index (κ1) is 16.8. The molecular formula is C20H22N4O2. The molecule has 4 rings (SSSR count). The molecule has 6 nitrogen and oxygen atoms in total. The van der Waals surface area contributed by atoms with Crippen molar-refractivity contribution in [3.63, 3.8) is 0 Å². The number of piperazine rings is 1. The zero-order valence-corrected chi connectivity index (χ0v) is 14.6. The summed E-state index contributed by atoms with van der Waals surface area (Å²) in [7, 11) is 0. The third kappa shape index (κ3) is 3.47. The molecule has 0 amide bonds. The van der Waals surface area contributed by atoms with Crippen LogP contribution in [0, 0.1) is 0 Å². The number of benzene rings is 1. The number of aromatic nitrogens is 2. The van der Waals surface area contributed by atoms with Gasteiger partial charge in [0.25, 0.3) is 0 Å². The van der Waals surface area contributed by atoms with E-state index in [2.05, 4.69) is 20.8 Å². The van der Waals surface area contributed by atoms with Crippen molar-refractivity contribution >= 4 is 11.6 Å². The normalized spacial score (nSPS) is 15.4. The first-order chi connectivity index (χ1) is 12.7. The molecule has 3 aromatic rings. The lowest BCUT2D eigenvalue weighted by atomic mass is 10.1. The molecule has 1 aromatic carbocycles. The molecule has 0 radical (unpaired) electrons. The molecule has 0 saturated carbocycles. The summed E-state index contributed by atoms with van der Waals surface area (Å²) >= 11 is 0. The summed E-state index contributed by atoms with van der Waals surface area (Å²) < 4.78 is 2.16. The van der Waals surface area contributed by atoms with Gasteiger partial charge in [0.2, 0.25) is 0 Å². The van der Waals surface area contributed by atoms with Crippen molar-refractivity contribution in [2.24, 2.45) is 0 Å². The Labute approximate surface area is 152 Å². The molecule has 0 unspecified atom stereocenters. The second-order valence-corrected chi connectivity index (χ2v) is 6.63. The van der Waals surface area contributed by atoms with E-state index in [1.165, 1.54) is 5.69 Å². The Morgan fingerprint density at radius 3 is 2.62 bits per heavy atom. The Morgan fingerprint density at radius 1 is 1.12 bits per heavy atom. The van der Waals surface area contributed by atoms with Crippen LogP contribution in [-0.4, -0.2) is 51.5 Å². The van der Waals surface area contributed by atoms with Crippen LogP contribution in [0.4, 0.5) is 0 Å². The smallest absolute Gasteiger partial charge is 0.307 e. The maximum absolute atomic E-state index is 10.9. The van der Waals surface area contributed by atoms with Gasteiger partial charge in [-0.05, 0) is 17.7 Å². The minimum absolute atomic E-state index is 0.0408. The molecule has 2 aromatic heterocycles. The number of hydrogen-bond donors (Lipinski definition) is 2. The molecule has 1 aliphatic rings. The standard InChI is InChI=1S/C20H22N4O2/c25-19(26)13-15-4-6-16(7-5-15)20-17(14-23-11-8-21-9-12-23)24-10-2-1-3-18(24)22-20/h1-7,10,21H,8-9,11-14H2,(H,25,26). The molecule has 1 aliphatic heterocycles. The van der Waals surface area contributed by atoms with Crippen molar-refractivity contribution in [2.75, 3.05) is 26.2 Å². The Bertz CT molecular complexity index is 911. The number of nitrogens with zero attached hydrogens (tertiary/aromatic N) is 3. The fraction of sp³-hybridized carbons (Fsp3) is 0.300. The van der Waals surface area contributed by atoms with Crippen molar-refractivity contribution in [1.82, 2.24) is 19.6 Å². The van der Waals surface area contributed by atoms with Gasteiger partial charge < -0.3 is 14.8 Å². The van der Waals surface area contributed by atoms with Crippen molar-refractivity contribution < 1.29 is 9.90 Å². The van der Waals surface area contributed by atoms with Crippen LogP contribution in [0.2, 0.25) is 0 Å². The number of carbonyl (C=O) groups is 1. The molecule has 6 heteroatoms. The quantitative estimate of drug-likeness (QED) is 0.737. The second-order valence-electron chi connectivity index (χ2n) is 6.63. The number of carboxylic acid groups (broad SMARTS) is 1. The van der Waals surface area contributed by atoms with Gasteiger partial charge in [0, 0.05) is 44.5 Å². The highest BCUT2D eigenvalue weighted by molar-refractivity contribution is 5.71. The Morgan fingerprint density at radius 2 is 1.88 bits per heavy atom. The van der Waals surface area contributed by atoms with E-state index in [4.69, 9.17) is 10.1 Å². The topological polar surface area (TPSA) is 69.9 Å². The van der Waals surface area contributed by atoms with Gasteiger partial charge in [-0.3, -0.25) is 9.69 Å². The lowest BCUT2D eigenvalue weighted by Gasteiger charge is -2.27. The molecule has 26 heavy (non-hydrogen) atoms. The number of fused-ring (bicyclic) bond motifs is 1. The lowest BCUT2D eigenvalue weighted by Crippen LogP contribution is -2.43. The maximum Gasteiger partial charge on any atom is 0.307 e. The van der Waals surface area contributed by atoms with E-state index >= 15 is 0 Å². The first-order valence-corrected chi connectivity index (χ1v) is 8.91. The molecule has 1 saturated heterocycles. The molecular weight excluding hydrogens is 328 g/mol. The van der Waals surface area contributed by atoms with Crippen LogP contribution in [0.15, 0.2) is 48.7 Å². The molecule has 1 fully saturated rings. The zero-order chi connectivity index (χ0) is 17.9. The summed E-state index contributed by atoms with van der Waals surface area (Å²) in [5.74, 6) is -0.815. The Balaban J connectivity index is 1.71. The number of nitrogens with one attached hydrogen (secondary N) is 1. The van der Waals surface area contributed by atoms with Gasteiger partial charge in [0.15, 0.2) is 0 Å². The second kappa shape index (κ2) is 7.27. The van der Waals surface area contributed by atoms with Crippen LogP contribution in [0.3, 0.4) is 0 Å². The summed E-state index contributed by atoms with van der Waals surface area (Å²) in [6.07, 6.45) is 2.10.